The molecule has 0 bridgehead atoms. The normalized spacial score (nSPS) is 13.7. The summed E-state index contributed by atoms with van der Waals surface area (Å²) in [6.07, 6.45) is 4.54. The molecule has 2 aromatic heterocycles. The molecule has 2 N–H and O–H groups in total. The molecule has 0 radical (unpaired) electrons. The van der Waals surface area contributed by atoms with Crippen molar-refractivity contribution in [1.82, 2.24) is 19.7 Å². The van der Waals surface area contributed by atoms with Gasteiger partial charge >= 0.3 is 5.69 Å². The van der Waals surface area contributed by atoms with Crippen LogP contribution in [-0.4, -0.2) is 19.7 Å². The van der Waals surface area contributed by atoms with E-state index in [-0.39, 0.29) is 5.69 Å². The van der Waals surface area contributed by atoms with E-state index in [0.29, 0.717) is 16.6 Å². The molecule has 3 aromatic carbocycles. The number of H-pyrrole nitrogens is 2. The maximum atomic E-state index is 11.5. The monoisotopic (exact) mass is 426 g/mol. The molecule has 0 unspecified atom stereocenters. The number of hydrogen-bond donors (Lipinski definition) is 2. The van der Waals surface area contributed by atoms with Gasteiger partial charge in [0.2, 0.25) is 0 Å². The first-order valence-electron chi connectivity index (χ1n) is 10.3. The summed E-state index contributed by atoms with van der Waals surface area (Å²) in [7, 11) is 0. The van der Waals surface area contributed by atoms with Gasteiger partial charge in [-0.15, -0.1) is 0 Å². The average Bonchev–Trinajstić information content (AvgIpc) is 3.40. The lowest BCUT2D eigenvalue weighted by atomic mass is 9.99. The number of nitrogens with one attached hydrogen (secondary N) is 2. The van der Waals surface area contributed by atoms with Crippen LogP contribution in [0.15, 0.2) is 77.7 Å². The van der Waals surface area contributed by atoms with E-state index in [2.05, 4.69) is 75.4 Å². The standard InChI is InChI=1S/C25H19ClN4O/c26-21-14-24-23(27-25(31)28-24)13-20(21)17-5-1-15(2-6-17)16-3-7-18(8-4-16)22-11-12-30(29-22)19-9-10-19/h1-8,11-14,19H,9-10H2,(H2,27,28,31). The number of nitrogens with zero attached hydrogens (tertiary/aromatic N) is 2. The van der Waals surface area contributed by atoms with Gasteiger partial charge in [0.25, 0.3) is 0 Å². The lowest BCUT2D eigenvalue weighted by Gasteiger charge is -2.08. The summed E-state index contributed by atoms with van der Waals surface area (Å²) < 4.78 is 2.08. The Labute approximate surface area is 183 Å². The van der Waals surface area contributed by atoms with Gasteiger partial charge in [0.1, 0.15) is 0 Å². The molecule has 1 fully saturated rings. The number of rotatable bonds is 4. The molecule has 0 saturated heterocycles. The second kappa shape index (κ2) is 7.00. The van der Waals surface area contributed by atoms with E-state index in [1.165, 1.54) is 12.8 Å². The van der Waals surface area contributed by atoms with Crippen LogP contribution >= 0.6 is 11.6 Å². The molecule has 6 heteroatoms. The Kier molecular flexibility index (Phi) is 4.11. The van der Waals surface area contributed by atoms with Gasteiger partial charge in [-0.25, -0.2) is 4.79 Å². The van der Waals surface area contributed by atoms with Crippen LogP contribution in [-0.2, 0) is 0 Å². The van der Waals surface area contributed by atoms with Crippen LogP contribution in [0, 0.1) is 0 Å². The molecule has 152 valence electrons. The van der Waals surface area contributed by atoms with Crippen molar-refractivity contribution in [3.05, 3.63) is 88.4 Å². The predicted molar refractivity (Wildman–Crippen MR) is 124 cm³/mol. The Bertz CT molecular complexity index is 1450. The summed E-state index contributed by atoms with van der Waals surface area (Å²) >= 11 is 6.46. The summed E-state index contributed by atoms with van der Waals surface area (Å²) in [6, 6.07) is 23.1. The number of benzene rings is 3. The first-order chi connectivity index (χ1) is 15.1. The van der Waals surface area contributed by atoms with Crippen LogP contribution in [0.3, 0.4) is 0 Å². The van der Waals surface area contributed by atoms with E-state index >= 15 is 0 Å². The van der Waals surface area contributed by atoms with Crippen LogP contribution in [0.25, 0.3) is 44.5 Å². The second-order valence-corrected chi connectivity index (χ2v) is 8.43. The van der Waals surface area contributed by atoms with Crippen LogP contribution in [0.1, 0.15) is 18.9 Å². The van der Waals surface area contributed by atoms with Gasteiger partial charge in [-0.05, 0) is 47.7 Å². The minimum absolute atomic E-state index is 0.235. The summed E-state index contributed by atoms with van der Waals surface area (Å²) in [5, 5.41) is 5.30. The van der Waals surface area contributed by atoms with Gasteiger partial charge in [0.05, 0.1) is 27.8 Å². The van der Waals surface area contributed by atoms with Crippen molar-refractivity contribution in [1.29, 1.82) is 0 Å². The zero-order valence-corrected chi connectivity index (χ0v) is 17.4. The summed E-state index contributed by atoms with van der Waals surface area (Å²) in [4.78, 5) is 17.1. The second-order valence-electron chi connectivity index (χ2n) is 8.02. The lowest BCUT2D eigenvalue weighted by Crippen LogP contribution is -1.99. The SMILES string of the molecule is O=c1[nH]c2cc(Cl)c(-c3ccc(-c4ccc(-c5ccn(C6CC6)n5)cc4)cc3)cc2[nH]1. The zero-order chi connectivity index (χ0) is 20.9. The topological polar surface area (TPSA) is 66.5 Å². The van der Waals surface area contributed by atoms with E-state index in [1.54, 1.807) is 6.07 Å². The summed E-state index contributed by atoms with van der Waals surface area (Å²) in [6.45, 7) is 0. The Morgan fingerprint density at radius 3 is 2.03 bits per heavy atom. The summed E-state index contributed by atoms with van der Waals surface area (Å²) in [5.41, 5.74) is 7.52. The van der Waals surface area contributed by atoms with E-state index in [4.69, 9.17) is 16.7 Å². The molecule has 2 heterocycles. The van der Waals surface area contributed by atoms with Gasteiger partial charge in [0.15, 0.2) is 0 Å². The molecule has 5 nitrogen and oxygen atoms in total. The van der Waals surface area contributed by atoms with Crippen molar-refractivity contribution in [3.63, 3.8) is 0 Å². The van der Waals surface area contributed by atoms with Crippen molar-refractivity contribution in [2.75, 3.05) is 0 Å². The smallest absolute Gasteiger partial charge is 0.306 e. The highest BCUT2D eigenvalue weighted by atomic mass is 35.5. The van der Waals surface area contributed by atoms with Crippen LogP contribution in [0.4, 0.5) is 0 Å². The molecule has 0 atom stereocenters. The van der Waals surface area contributed by atoms with Crippen LogP contribution < -0.4 is 5.69 Å². The lowest BCUT2D eigenvalue weighted by molar-refractivity contribution is 0.644. The third-order valence-corrected chi connectivity index (χ3v) is 6.16. The summed E-state index contributed by atoms with van der Waals surface area (Å²) in [5.74, 6) is 0. The van der Waals surface area contributed by atoms with E-state index < -0.39 is 0 Å². The molecular weight excluding hydrogens is 408 g/mol. The fraction of sp³-hybridized carbons (Fsp3) is 0.120. The Morgan fingerprint density at radius 1 is 0.806 bits per heavy atom. The highest BCUT2D eigenvalue weighted by Gasteiger charge is 2.24. The molecule has 5 aromatic rings. The largest absolute Gasteiger partial charge is 0.323 e. The number of aromatic amines is 2. The van der Waals surface area contributed by atoms with Crippen molar-refractivity contribution >= 4 is 22.6 Å². The minimum atomic E-state index is -0.235. The van der Waals surface area contributed by atoms with Gasteiger partial charge in [-0.2, -0.15) is 5.10 Å². The van der Waals surface area contributed by atoms with Crippen molar-refractivity contribution in [2.45, 2.75) is 18.9 Å². The molecule has 0 amide bonds. The highest BCUT2D eigenvalue weighted by molar-refractivity contribution is 6.34. The van der Waals surface area contributed by atoms with E-state index in [1.807, 2.05) is 6.07 Å². The van der Waals surface area contributed by atoms with Gasteiger partial charge in [-0.3, -0.25) is 4.68 Å². The fourth-order valence-electron chi connectivity index (χ4n) is 3.99. The van der Waals surface area contributed by atoms with Gasteiger partial charge in [-0.1, -0.05) is 60.1 Å². The third-order valence-electron chi connectivity index (χ3n) is 5.84. The van der Waals surface area contributed by atoms with E-state index in [9.17, 15) is 4.79 Å². The average molecular weight is 427 g/mol. The van der Waals surface area contributed by atoms with Crippen molar-refractivity contribution < 1.29 is 0 Å². The fourth-order valence-corrected chi connectivity index (χ4v) is 4.26. The Balaban J connectivity index is 1.27. The van der Waals surface area contributed by atoms with Crippen molar-refractivity contribution in [3.8, 4) is 33.5 Å². The van der Waals surface area contributed by atoms with Gasteiger partial charge in [0, 0.05) is 17.3 Å². The number of aromatic nitrogens is 4. The van der Waals surface area contributed by atoms with Crippen LogP contribution in [0.5, 0.6) is 0 Å². The maximum Gasteiger partial charge on any atom is 0.323 e. The molecular formula is C25H19ClN4O. The number of imidazole rings is 1. The minimum Gasteiger partial charge on any atom is -0.306 e. The van der Waals surface area contributed by atoms with E-state index in [0.717, 1.165) is 39.0 Å². The van der Waals surface area contributed by atoms with Crippen molar-refractivity contribution in [2.24, 2.45) is 0 Å². The Morgan fingerprint density at radius 2 is 1.39 bits per heavy atom. The number of hydrogen-bond acceptors (Lipinski definition) is 2. The number of halogens is 1. The molecule has 31 heavy (non-hydrogen) atoms. The molecule has 1 aliphatic carbocycles. The first-order valence-corrected chi connectivity index (χ1v) is 10.7. The highest BCUT2D eigenvalue weighted by Crippen LogP contribution is 2.35. The predicted octanol–water partition coefficient (Wildman–Crippen LogP) is 6.04. The first kappa shape index (κ1) is 18.2. The number of fused-ring (bicyclic) bond motifs is 1. The molecule has 1 aliphatic rings. The Hall–Kier alpha value is -3.57. The van der Waals surface area contributed by atoms with Gasteiger partial charge < -0.3 is 9.97 Å². The zero-order valence-electron chi connectivity index (χ0n) is 16.6. The molecule has 6 rings (SSSR count). The molecule has 0 spiro atoms. The molecule has 0 aliphatic heterocycles. The third kappa shape index (κ3) is 3.37. The molecule has 1 saturated carbocycles. The van der Waals surface area contributed by atoms with Crippen LogP contribution in [0.2, 0.25) is 5.02 Å². The quantitative estimate of drug-likeness (QED) is 0.367. The maximum absolute atomic E-state index is 11.5.